The van der Waals surface area contributed by atoms with Crippen molar-refractivity contribution in [3.8, 4) is 5.95 Å². The molecule has 9 nitrogen and oxygen atoms in total. The van der Waals surface area contributed by atoms with Crippen LogP contribution in [0.25, 0.3) is 16.9 Å². The molecule has 0 saturated carbocycles. The summed E-state index contributed by atoms with van der Waals surface area (Å²) in [6.45, 7) is 3.88. The molecular weight excluding hydrogens is 482 g/mol. The van der Waals surface area contributed by atoms with Gasteiger partial charge in [-0.3, -0.25) is 0 Å². The van der Waals surface area contributed by atoms with Gasteiger partial charge < -0.3 is 10.3 Å². The second-order valence-electron chi connectivity index (χ2n) is 7.41. The van der Waals surface area contributed by atoms with E-state index < -0.39 is 0 Å². The van der Waals surface area contributed by atoms with Crippen LogP contribution in [-0.4, -0.2) is 35.9 Å². The van der Waals surface area contributed by atoms with Crippen LogP contribution in [0.1, 0.15) is 17.0 Å². The van der Waals surface area contributed by atoms with E-state index >= 15 is 0 Å². The Hall–Kier alpha value is -4.05. The number of nitrogens with one attached hydrogen (secondary N) is 3. The molecule has 3 aromatic heterocycles. The number of hydrazone groups is 1. The van der Waals surface area contributed by atoms with Crippen LogP contribution in [0, 0.1) is 13.8 Å². The number of para-hydroxylation sites is 1. The molecule has 0 aliphatic carbocycles. The van der Waals surface area contributed by atoms with Gasteiger partial charge in [-0.25, -0.2) is 10.1 Å². The molecule has 0 bridgehead atoms. The smallest absolute Gasteiger partial charge is 0.257 e. The topological polar surface area (TPSA) is 109 Å². The van der Waals surface area contributed by atoms with E-state index in [4.69, 9.17) is 0 Å². The van der Waals surface area contributed by atoms with E-state index in [1.165, 1.54) is 0 Å². The summed E-state index contributed by atoms with van der Waals surface area (Å²) in [5, 5.41) is 13.1. The molecule has 0 atom stereocenters. The number of hydrogen-bond donors (Lipinski definition) is 3. The lowest BCUT2D eigenvalue weighted by molar-refractivity contribution is 0.767. The van der Waals surface area contributed by atoms with Crippen molar-refractivity contribution in [3.63, 3.8) is 0 Å². The maximum Gasteiger partial charge on any atom is 0.257 e. The highest BCUT2D eigenvalue weighted by Gasteiger charge is 2.12. The number of fused-ring (bicyclic) bond motifs is 1. The number of H-pyrrole nitrogens is 1. The Morgan fingerprint density at radius 3 is 2.58 bits per heavy atom. The number of nitrogens with zero attached hydrogens (tertiary/aromatic N) is 6. The second kappa shape index (κ2) is 8.83. The lowest BCUT2D eigenvalue weighted by atomic mass is 10.2. The number of aryl methyl sites for hydroxylation is 2. The number of aromatic amines is 1. The molecule has 0 aliphatic rings. The predicted molar refractivity (Wildman–Crippen MR) is 133 cm³/mol. The van der Waals surface area contributed by atoms with Crippen LogP contribution in [0.2, 0.25) is 0 Å². The monoisotopic (exact) mass is 501 g/mol. The third-order valence-electron chi connectivity index (χ3n) is 4.91. The first kappa shape index (κ1) is 20.8. The first-order valence-electron chi connectivity index (χ1n) is 10.2. The molecule has 0 radical (unpaired) electrons. The van der Waals surface area contributed by atoms with Gasteiger partial charge in [0, 0.05) is 38.5 Å². The molecule has 0 saturated heterocycles. The molecule has 2 aromatic carbocycles. The van der Waals surface area contributed by atoms with Gasteiger partial charge in [0.05, 0.1) is 11.9 Å². The summed E-state index contributed by atoms with van der Waals surface area (Å²) in [6, 6.07) is 17.7. The second-order valence-corrected chi connectivity index (χ2v) is 8.33. The average molecular weight is 502 g/mol. The minimum Gasteiger partial charge on any atom is -0.361 e. The third kappa shape index (κ3) is 4.60. The highest BCUT2D eigenvalue weighted by atomic mass is 79.9. The van der Waals surface area contributed by atoms with E-state index in [0.717, 1.165) is 38.0 Å². The summed E-state index contributed by atoms with van der Waals surface area (Å²) in [7, 11) is 0. The molecule has 3 N–H and O–H groups in total. The zero-order valence-corrected chi connectivity index (χ0v) is 19.5. The normalized spacial score (nSPS) is 11.4. The van der Waals surface area contributed by atoms with Crippen LogP contribution >= 0.6 is 15.9 Å². The quantitative estimate of drug-likeness (QED) is 0.220. The fourth-order valence-corrected chi connectivity index (χ4v) is 3.68. The third-order valence-corrected chi connectivity index (χ3v) is 5.44. The number of hydrogen-bond acceptors (Lipinski definition) is 7. The molecule has 164 valence electrons. The number of anilines is 3. The van der Waals surface area contributed by atoms with Gasteiger partial charge in [0.15, 0.2) is 0 Å². The molecule has 33 heavy (non-hydrogen) atoms. The summed E-state index contributed by atoms with van der Waals surface area (Å²) in [4.78, 5) is 16.8. The van der Waals surface area contributed by atoms with Gasteiger partial charge in [-0.15, -0.1) is 0 Å². The Balaban J connectivity index is 1.46. The number of benzene rings is 2. The molecule has 0 spiro atoms. The molecule has 5 rings (SSSR count). The fourth-order valence-electron chi connectivity index (χ4n) is 3.42. The number of aromatic nitrogens is 6. The van der Waals surface area contributed by atoms with Crippen molar-refractivity contribution in [1.29, 1.82) is 0 Å². The zero-order valence-electron chi connectivity index (χ0n) is 17.9. The van der Waals surface area contributed by atoms with E-state index in [-0.39, 0.29) is 0 Å². The lowest BCUT2D eigenvalue weighted by Gasteiger charge is -2.09. The van der Waals surface area contributed by atoms with E-state index in [9.17, 15) is 0 Å². The van der Waals surface area contributed by atoms with E-state index in [0.29, 0.717) is 17.8 Å². The van der Waals surface area contributed by atoms with Crippen LogP contribution in [0.4, 0.5) is 17.6 Å². The van der Waals surface area contributed by atoms with Gasteiger partial charge >= 0.3 is 0 Å². The lowest BCUT2D eigenvalue weighted by Crippen LogP contribution is -2.11. The zero-order chi connectivity index (χ0) is 22.8. The van der Waals surface area contributed by atoms with E-state index in [1.54, 1.807) is 10.9 Å². The maximum absolute atomic E-state index is 4.55. The summed E-state index contributed by atoms with van der Waals surface area (Å²) in [5.41, 5.74) is 7.57. The predicted octanol–water partition coefficient (Wildman–Crippen LogP) is 5.11. The molecule has 10 heteroatoms. The summed E-state index contributed by atoms with van der Waals surface area (Å²) >= 11 is 3.45. The standard InChI is InChI=1S/C23H20BrN9/c1-14-11-15(2)33(32-14)23-29-21(27-18-9-7-17(24)8-10-18)28-22(30-23)31-26-13-16-12-25-20-6-4-3-5-19(16)20/h3-13,25H,1-2H3,(H2,27,28,29,30,31)/b26-13+. The van der Waals surface area contributed by atoms with Crippen molar-refractivity contribution in [3.05, 3.63) is 82.2 Å². The van der Waals surface area contributed by atoms with Crippen molar-refractivity contribution >= 4 is 50.6 Å². The van der Waals surface area contributed by atoms with E-state index in [1.807, 2.05) is 74.6 Å². The molecular formula is C23H20BrN9. The Bertz CT molecular complexity index is 1450. The van der Waals surface area contributed by atoms with Crippen LogP contribution in [0.5, 0.6) is 0 Å². The van der Waals surface area contributed by atoms with Gasteiger partial charge in [0.1, 0.15) is 0 Å². The molecule has 0 aliphatic heterocycles. The molecule has 0 fully saturated rings. The van der Waals surface area contributed by atoms with Gasteiger partial charge in [0.25, 0.3) is 5.95 Å². The van der Waals surface area contributed by atoms with Gasteiger partial charge in [-0.2, -0.15) is 25.2 Å². The van der Waals surface area contributed by atoms with Crippen molar-refractivity contribution in [1.82, 2.24) is 29.7 Å². The SMILES string of the molecule is Cc1cc(C)n(-c2nc(N/N=C/c3c[nH]c4ccccc34)nc(Nc3ccc(Br)cc3)n2)n1. The van der Waals surface area contributed by atoms with Crippen LogP contribution in [0.3, 0.4) is 0 Å². The fraction of sp³-hybridized carbons (Fsp3) is 0.0870. The number of halogens is 1. The Kier molecular flexibility index (Phi) is 5.57. The maximum atomic E-state index is 4.55. The molecule has 0 amide bonds. The van der Waals surface area contributed by atoms with Crippen molar-refractivity contribution in [2.45, 2.75) is 13.8 Å². The molecule has 5 aromatic rings. The van der Waals surface area contributed by atoms with Gasteiger partial charge in [0.2, 0.25) is 11.9 Å². The summed E-state index contributed by atoms with van der Waals surface area (Å²) in [6.07, 6.45) is 3.64. The van der Waals surface area contributed by atoms with E-state index in [2.05, 4.69) is 56.8 Å². The van der Waals surface area contributed by atoms with Gasteiger partial charge in [-0.05, 0) is 50.2 Å². The average Bonchev–Trinajstić information content (AvgIpc) is 3.37. The molecule has 0 unspecified atom stereocenters. The van der Waals surface area contributed by atoms with Crippen molar-refractivity contribution < 1.29 is 0 Å². The first-order valence-corrected chi connectivity index (χ1v) is 11.0. The highest BCUT2D eigenvalue weighted by molar-refractivity contribution is 9.10. The Morgan fingerprint density at radius 1 is 1.00 bits per heavy atom. The van der Waals surface area contributed by atoms with Crippen molar-refractivity contribution in [2.75, 3.05) is 10.7 Å². The van der Waals surface area contributed by atoms with Gasteiger partial charge in [-0.1, -0.05) is 34.1 Å². The summed E-state index contributed by atoms with van der Waals surface area (Å²) in [5.74, 6) is 1.06. The summed E-state index contributed by atoms with van der Waals surface area (Å²) < 4.78 is 2.67. The minimum atomic E-state index is 0.295. The minimum absolute atomic E-state index is 0.295. The first-order chi connectivity index (χ1) is 16.0. The van der Waals surface area contributed by atoms with Crippen LogP contribution < -0.4 is 10.7 Å². The Labute approximate surface area is 198 Å². The highest BCUT2D eigenvalue weighted by Crippen LogP contribution is 2.20. The van der Waals surface area contributed by atoms with Crippen LogP contribution in [0.15, 0.2) is 70.4 Å². The van der Waals surface area contributed by atoms with Crippen LogP contribution in [-0.2, 0) is 0 Å². The molecule has 3 heterocycles. The Morgan fingerprint density at radius 2 is 1.79 bits per heavy atom. The van der Waals surface area contributed by atoms with Crippen molar-refractivity contribution in [2.24, 2.45) is 5.10 Å². The largest absolute Gasteiger partial charge is 0.361 e. The number of rotatable bonds is 6.